The van der Waals surface area contributed by atoms with E-state index in [0.29, 0.717) is 55.0 Å². The molecule has 0 spiro atoms. The molecule has 5 aromatic rings. The second-order valence-electron chi connectivity index (χ2n) is 19.4. The van der Waals surface area contributed by atoms with E-state index in [0.717, 1.165) is 76.1 Å². The predicted octanol–water partition coefficient (Wildman–Crippen LogP) is 8.86. The summed E-state index contributed by atoms with van der Waals surface area (Å²) in [5, 5.41) is 42.7. The lowest BCUT2D eigenvalue weighted by molar-refractivity contribution is -0.191. The summed E-state index contributed by atoms with van der Waals surface area (Å²) in [6.45, 7) is 12.9. The Kier molecular flexibility index (Phi) is 17.7. The van der Waals surface area contributed by atoms with Crippen LogP contribution in [0.5, 0.6) is 5.75 Å². The summed E-state index contributed by atoms with van der Waals surface area (Å²) in [6, 6.07) is 27.8. The summed E-state index contributed by atoms with van der Waals surface area (Å²) in [6.07, 6.45) is 4.84. The number of aliphatic hydroxyl groups excluding tert-OH is 2. The standard InChI is InChI=1S/C54H63N7O7S.CO2/c1-33(2)60(27-9-25-57-53(66)59-37-17-15-36(16-18-37)54(3,4)5)31-46-49(64)50(65)52(68-46)61-32-58-48-43(23-26-56-51(48)61)55-24-8-6-7-10-40(69)28-34-11-13-35(14-12-34)47-41-21-19-38(62)29-44(41)67-45-30-39(63)20-22-42(45)47;2-1-3/h11-23,26,29-30,32-33,46,49-50,52,62,64-65H,6-10,24-25,27-28,31H2,1-5H3,(H,55,56)(H2,57,59,66);/t46-,49-,50-,52-;/m1./s1. The van der Waals surface area contributed by atoms with Crippen molar-refractivity contribution in [2.24, 2.45) is 0 Å². The quantitative estimate of drug-likeness (QED) is 0.0253. The number of imidazole rings is 1. The average molecular weight is 998 g/mol. The van der Waals surface area contributed by atoms with Gasteiger partial charge < -0.3 is 40.4 Å². The topological polar surface area (TPSA) is 221 Å². The second-order valence-corrected chi connectivity index (χ2v) is 20.0. The van der Waals surface area contributed by atoms with Crippen LogP contribution in [-0.4, -0.2) is 102 Å². The Morgan fingerprint density at radius 3 is 2.38 bits per heavy atom. The van der Waals surface area contributed by atoms with Crippen LogP contribution in [0.2, 0.25) is 0 Å². The van der Waals surface area contributed by atoms with Gasteiger partial charge in [0, 0.05) is 79.2 Å². The number of rotatable bonds is 19. The van der Waals surface area contributed by atoms with E-state index in [2.05, 4.69) is 89.7 Å². The molecule has 0 radical (unpaired) electrons. The van der Waals surface area contributed by atoms with Crippen LogP contribution in [0.1, 0.15) is 84.1 Å². The molecule has 72 heavy (non-hydrogen) atoms. The number of aliphatic hydroxyl groups is 2. The first kappa shape index (κ1) is 53.0. The maximum Gasteiger partial charge on any atom is 0.373 e. The molecular weight excluding hydrogens is 935 g/mol. The van der Waals surface area contributed by atoms with E-state index in [1.54, 1.807) is 35.3 Å². The average Bonchev–Trinajstić information content (AvgIpc) is 3.90. The summed E-state index contributed by atoms with van der Waals surface area (Å²) < 4.78 is 14.0. The Hall–Kier alpha value is -6.85. The molecule has 17 heteroatoms. The summed E-state index contributed by atoms with van der Waals surface area (Å²) in [5.41, 5.74) is 8.22. The van der Waals surface area contributed by atoms with E-state index in [1.165, 1.54) is 17.7 Å². The number of hydrogen-bond donors (Lipinski definition) is 6. The molecule has 2 amide bonds. The smallest absolute Gasteiger partial charge is 0.373 e. The molecule has 1 saturated heterocycles. The number of ether oxygens (including phenoxy) is 1. The van der Waals surface area contributed by atoms with E-state index in [-0.39, 0.29) is 34.8 Å². The number of nitrogens with zero attached hydrogens (tertiary/aromatic N) is 4. The Balaban J connectivity index is 0.00000247. The SMILES string of the molecule is CC(C)N(CCCNC(=O)Nc1ccc(C(C)(C)C)cc1)C[C@H]1O[C@@H](n2cnc3c(NCCCCCC(=S)Cc4ccc(-c5c6ccc(=O)cc-6oc6cc(O)ccc56)cc4)ccnc32)[C@H](O)[C@@H]1O.O=C=O. The first-order chi connectivity index (χ1) is 34.5. The third kappa shape index (κ3) is 13.2. The molecular formula is C55H63N7O9S. The number of aromatic hydroxyl groups is 1. The van der Waals surface area contributed by atoms with Crippen LogP contribution in [0.4, 0.5) is 16.2 Å². The number of fused-ring (bicyclic) bond motifs is 3. The molecule has 0 saturated carbocycles. The number of urea groups is 1. The minimum atomic E-state index is -1.19. The van der Waals surface area contributed by atoms with Crippen molar-refractivity contribution in [3.8, 4) is 28.2 Å². The van der Waals surface area contributed by atoms with Gasteiger partial charge >= 0.3 is 12.2 Å². The van der Waals surface area contributed by atoms with E-state index in [9.17, 15) is 24.9 Å². The minimum Gasteiger partial charge on any atom is -0.508 e. The van der Waals surface area contributed by atoms with E-state index in [1.807, 2.05) is 36.4 Å². The van der Waals surface area contributed by atoms with Crippen molar-refractivity contribution in [3.63, 3.8) is 0 Å². The van der Waals surface area contributed by atoms with Crippen LogP contribution in [0.15, 0.2) is 113 Å². The normalized spacial score (nSPS) is 16.7. The highest BCUT2D eigenvalue weighted by Crippen LogP contribution is 2.41. The number of anilines is 2. The van der Waals surface area contributed by atoms with Gasteiger partial charge in [0.1, 0.15) is 40.9 Å². The Morgan fingerprint density at radius 2 is 1.65 bits per heavy atom. The molecule has 0 unspecified atom stereocenters. The number of thiocarbonyl (C=S) groups is 1. The van der Waals surface area contributed by atoms with Crippen LogP contribution in [0, 0.1) is 0 Å². The molecule has 8 rings (SSSR count). The van der Waals surface area contributed by atoms with Crippen molar-refractivity contribution in [2.45, 2.75) is 109 Å². The van der Waals surface area contributed by atoms with Crippen LogP contribution >= 0.6 is 12.2 Å². The van der Waals surface area contributed by atoms with Gasteiger partial charge in [-0.2, -0.15) is 9.59 Å². The maximum atomic E-state index is 12.6. The van der Waals surface area contributed by atoms with Gasteiger partial charge in [-0.05, 0) is 109 Å². The molecule has 6 N–H and O–H groups in total. The van der Waals surface area contributed by atoms with Crippen LogP contribution < -0.4 is 21.4 Å². The summed E-state index contributed by atoms with van der Waals surface area (Å²) >= 11 is 5.82. The maximum absolute atomic E-state index is 12.6. The number of amides is 2. The van der Waals surface area contributed by atoms with Gasteiger partial charge in [0.15, 0.2) is 17.3 Å². The Bertz CT molecular complexity index is 3020. The number of phenolic OH excluding ortho intramolecular Hbond substituents is 1. The highest BCUT2D eigenvalue weighted by molar-refractivity contribution is 7.80. The van der Waals surface area contributed by atoms with E-state index < -0.39 is 24.5 Å². The molecule has 16 nitrogen and oxygen atoms in total. The lowest BCUT2D eigenvalue weighted by Crippen LogP contribution is -2.44. The van der Waals surface area contributed by atoms with Gasteiger partial charge in [-0.25, -0.2) is 14.8 Å². The van der Waals surface area contributed by atoms with Gasteiger partial charge in [-0.15, -0.1) is 0 Å². The van der Waals surface area contributed by atoms with E-state index >= 15 is 0 Å². The largest absolute Gasteiger partial charge is 0.508 e. The zero-order chi connectivity index (χ0) is 51.5. The highest BCUT2D eigenvalue weighted by Gasteiger charge is 2.45. The number of carbonyl (C=O) groups excluding carboxylic acids is 3. The van der Waals surface area contributed by atoms with Crippen LogP contribution in [0.25, 0.3) is 44.6 Å². The number of carbonyl (C=O) groups is 1. The number of hydrogen-bond acceptors (Lipinski definition) is 14. The molecule has 2 aromatic heterocycles. The first-order valence-electron chi connectivity index (χ1n) is 24.3. The van der Waals surface area contributed by atoms with Gasteiger partial charge in [0.05, 0.1) is 12.0 Å². The van der Waals surface area contributed by atoms with Crippen molar-refractivity contribution in [2.75, 3.05) is 36.8 Å². The van der Waals surface area contributed by atoms with Crippen LogP contribution in [-0.2, 0) is 26.2 Å². The molecule has 1 fully saturated rings. The molecule has 0 bridgehead atoms. The van der Waals surface area contributed by atoms with Crippen molar-refractivity contribution < 1.29 is 38.9 Å². The number of phenols is 1. The molecule has 378 valence electrons. The second kappa shape index (κ2) is 24.0. The van der Waals surface area contributed by atoms with Gasteiger partial charge in [-0.1, -0.05) is 75.8 Å². The molecule has 3 aromatic carbocycles. The van der Waals surface area contributed by atoms with Crippen molar-refractivity contribution in [1.29, 1.82) is 0 Å². The summed E-state index contributed by atoms with van der Waals surface area (Å²) in [7, 11) is 0. The zero-order valence-corrected chi connectivity index (χ0v) is 42.1. The lowest BCUT2D eigenvalue weighted by atomic mass is 9.87. The highest BCUT2D eigenvalue weighted by atomic mass is 32.1. The summed E-state index contributed by atoms with van der Waals surface area (Å²) in [4.78, 5) is 53.4. The van der Waals surface area contributed by atoms with E-state index in [4.69, 9.17) is 31.0 Å². The fourth-order valence-electron chi connectivity index (χ4n) is 9.00. The number of nitrogens with one attached hydrogen (secondary N) is 3. The molecule has 2 aliphatic heterocycles. The third-order valence-corrected chi connectivity index (χ3v) is 13.3. The fourth-order valence-corrected chi connectivity index (χ4v) is 9.31. The van der Waals surface area contributed by atoms with Gasteiger partial charge in [-0.3, -0.25) is 14.3 Å². The lowest BCUT2D eigenvalue weighted by Gasteiger charge is -2.30. The van der Waals surface area contributed by atoms with Crippen molar-refractivity contribution in [1.82, 2.24) is 24.8 Å². The van der Waals surface area contributed by atoms with Gasteiger partial charge in [0.2, 0.25) is 0 Å². The predicted molar refractivity (Wildman–Crippen MR) is 281 cm³/mol. The molecule has 4 heterocycles. The number of benzene rings is 4. The molecule has 1 aliphatic carbocycles. The Labute approximate surface area is 423 Å². The van der Waals surface area contributed by atoms with Crippen LogP contribution in [0.3, 0.4) is 0 Å². The zero-order valence-electron chi connectivity index (χ0n) is 41.3. The van der Waals surface area contributed by atoms with Gasteiger partial charge in [0.25, 0.3) is 0 Å². The van der Waals surface area contributed by atoms with Crippen molar-refractivity contribution in [3.05, 3.63) is 125 Å². The fraction of sp³-hybridized carbons (Fsp3) is 0.382. The number of unbranched alkanes of at least 4 members (excludes halogenated alkanes) is 2. The minimum absolute atomic E-state index is 0.0350. The first-order valence-corrected chi connectivity index (χ1v) is 24.7. The molecule has 3 aliphatic rings. The Morgan fingerprint density at radius 1 is 0.903 bits per heavy atom. The third-order valence-electron chi connectivity index (χ3n) is 12.9. The van der Waals surface area contributed by atoms with Crippen molar-refractivity contribution >= 4 is 62.8 Å². The summed E-state index contributed by atoms with van der Waals surface area (Å²) in [5.74, 6) is 0.562. The number of pyridine rings is 1. The molecule has 4 atom stereocenters. The monoisotopic (exact) mass is 997 g/mol. The number of aromatic nitrogens is 3.